The van der Waals surface area contributed by atoms with Crippen LogP contribution >= 0.6 is 11.8 Å². The summed E-state index contributed by atoms with van der Waals surface area (Å²) >= 11 is 1.44. The van der Waals surface area contributed by atoms with Crippen molar-refractivity contribution in [2.24, 2.45) is 0 Å². The first kappa shape index (κ1) is 19.4. The van der Waals surface area contributed by atoms with Gasteiger partial charge in [0.2, 0.25) is 0 Å². The summed E-state index contributed by atoms with van der Waals surface area (Å²) in [5.41, 5.74) is 1.72. The van der Waals surface area contributed by atoms with Crippen molar-refractivity contribution in [1.29, 1.82) is 0 Å². The van der Waals surface area contributed by atoms with Gasteiger partial charge in [-0.25, -0.2) is 4.98 Å². The Labute approximate surface area is 171 Å². The predicted molar refractivity (Wildman–Crippen MR) is 110 cm³/mol. The number of aromatic nitrogens is 2. The number of rotatable bonds is 4. The molecule has 2 heterocycles. The van der Waals surface area contributed by atoms with Crippen molar-refractivity contribution in [3.63, 3.8) is 0 Å². The van der Waals surface area contributed by atoms with E-state index in [9.17, 15) is 19.7 Å². The van der Waals surface area contributed by atoms with Crippen LogP contribution in [-0.2, 0) is 4.79 Å². The van der Waals surface area contributed by atoms with Crippen LogP contribution in [0.5, 0.6) is 0 Å². The average Bonchev–Trinajstić information content (AvgIpc) is 2.66. The normalized spacial score (nSPS) is 18.3. The molecule has 4 rings (SSSR count). The van der Waals surface area contributed by atoms with E-state index in [0.29, 0.717) is 40.5 Å². The zero-order chi connectivity index (χ0) is 20.7. The number of allylic oxidation sites excluding steroid dienone is 2. The summed E-state index contributed by atoms with van der Waals surface area (Å²) in [5, 5.41) is 15.2. The smallest absolute Gasteiger partial charge is 0.269 e. The summed E-state index contributed by atoms with van der Waals surface area (Å²) < 4.78 is 0. The molecule has 1 aromatic carbocycles. The molecule has 2 N–H and O–H groups in total. The molecule has 0 unspecified atom stereocenters. The van der Waals surface area contributed by atoms with Gasteiger partial charge in [-0.1, -0.05) is 37.7 Å². The summed E-state index contributed by atoms with van der Waals surface area (Å²) in [4.78, 5) is 44.0. The minimum atomic E-state index is -0.678. The number of fused-ring (bicyclic) bond motifs is 1. The minimum absolute atomic E-state index is 0.0408. The third-order valence-electron chi connectivity index (χ3n) is 5.00. The molecule has 150 valence electrons. The van der Waals surface area contributed by atoms with E-state index in [0.717, 1.165) is 12.1 Å². The van der Waals surface area contributed by atoms with Crippen molar-refractivity contribution in [3.8, 4) is 0 Å². The molecule has 0 amide bonds. The molecule has 2 aromatic rings. The topological polar surface area (TPSA) is 118 Å². The number of nitro groups is 1. The van der Waals surface area contributed by atoms with Crippen LogP contribution in [0.1, 0.15) is 50.2 Å². The number of anilines is 1. The molecule has 9 heteroatoms. The summed E-state index contributed by atoms with van der Waals surface area (Å²) in [6.45, 7) is 4.01. The van der Waals surface area contributed by atoms with Gasteiger partial charge in [0.1, 0.15) is 5.82 Å². The Morgan fingerprint density at radius 1 is 1.28 bits per heavy atom. The lowest BCUT2D eigenvalue weighted by molar-refractivity contribution is -0.384. The van der Waals surface area contributed by atoms with E-state index >= 15 is 0 Å². The van der Waals surface area contributed by atoms with E-state index in [1.165, 1.54) is 23.9 Å². The molecule has 1 aliphatic carbocycles. The predicted octanol–water partition coefficient (Wildman–Crippen LogP) is 3.74. The lowest BCUT2D eigenvalue weighted by Crippen LogP contribution is -2.32. The molecule has 29 heavy (non-hydrogen) atoms. The van der Waals surface area contributed by atoms with Crippen LogP contribution in [0, 0.1) is 10.1 Å². The number of benzene rings is 1. The number of thioether (sulfide) groups is 1. The van der Waals surface area contributed by atoms with Gasteiger partial charge in [-0.2, -0.15) is 0 Å². The number of hydrogen-bond donors (Lipinski definition) is 2. The minimum Gasteiger partial charge on any atom is -0.343 e. The molecule has 0 saturated heterocycles. The van der Waals surface area contributed by atoms with E-state index in [4.69, 9.17) is 0 Å². The van der Waals surface area contributed by atoms with E-state index in [1.807, 2.05) is 13.8 Å². The largest absolute Gasteiger partial charge is 0.343 e. The van der Waals surface area contributed by atoms with Crippen LogP contribution in [0.4, 0.5) is 11.5 Å². The number of H-pyrrole nitrogens is 1. The molecule has 0 radical (unpaired) electrons. The molecule has 8 nitrogen and oxygen atoms in total. The quantitative estimate of drug-likeness (QED) is 0.340. The highest BCUT2D eigenvalue weighted by atomic mass is 32.2. The fourth-order valence-electron chi connectivity index (χ4n) is 3.87. The van der Waals surface area contributed by atoms with Crippen molar-refractivity contribution in [1.82, 2.24) is 9.97 Å². The number of nitro benzene ring substituents is 1. The Morgan fingerprint density at radius 3 is 2.79 bits per heavy atom. The average molecular weight is 412 g/mol. The van der Waals surface area contributed by atoms with Gasteiger partial charge in [0.25, 0.3) is 11.2 Å². The van der Waals surface area contributed by atoms with Crippen LogP contribution in [-0.4, -0.2) is 25.9 Å². The van der Waals surface area contributed by atoms with Gasteiger partial charge in [0, 0.05) is 41.0 Å². The second kappa shape index (κ2) is 7.47. The number of carbonyl (C=O) groups is 1. The highest BCUT2D eigenvalue weighted by Gasteiger charge is 2.38. The Morgan fingerprint density at radius 2 is 2.07 bits per heavy atom. The van der Waals surface area contributed by atoms with E-state index < -0.39 is 10.8 Å². The molecule has 1 aliphatic heterocycles. The highest BCUT2D eigenvalue weighted by Crippen LogP contribution is 2.44. The molecular weight excluding hydrogens is 392 g/mol. The molecule has 1 atom stereocenters. The van der Waals surface area contributed by atoms with E-state index in [-0.39, 0.29) is 22.3 Å². The molecule has 0 fully saturated rings. The zero-order valence-electron chi connectivity index (χ0n) is 16.0. The fraction of sp³-hybridized carbons (Fsp3) is 0.350. The summed E-state index contributed by atoms with van der Waals surface area (Å²) in [6, 6.07) is 6.12. The third kappa shape index (κ3) is 3.57. The number of nitrogens with one attached hydrogen (secondary N) is 2. The zero-order valence-corrected chi connectivity index (χ0v) is 16.8. The Kier molecular flexibility index (Phi) is 4.99. The maximum absolute atomic E-state index is 13.0. The van der Waals surface area contributed by atoms with Crippen molar-refractivity contribution in [2.75, 3.05) is 5.32 Å². The van der Waals surface area contributed by atoms with E-state index in [1.54, 1.807) is 12.1 Å². The number of nitrogens with zero attached hydrogens (tertiary/aromatic N) is 2. The van der Waals surface area contributed by atoms with Crippen molar-refractivity contribution in [2.45, 2.75) is 49.4 Å². The standard InChI is InChI=1S/C20H20N4O4S/c1-10(2)29-20-22-18-17(19(26)23-20)15(11-5-3-6-12(9-11)24(27)28)16-13(21-18)7-4-8-14(16)25/h3,5-6,9-10,15H,4,7-8H2,1-2H3,(H2,21,22,23,26)/t15-/m0/s1. The Balaban J connectivity index is 1.94. The first-order valence-corrected chi connectivity index (χ1v) is 10.3. The molecule has 0 spiro atoms. The summed E-state index contributed by atoms with van der Waals surface area (Å²) in [6.07, 6.45) is 1.79. The van der Waals surface area contributed by atoms with Crippen molar-refractivity contribution in [3.05, 3.63) is 67.1 Å². The van der Waals surface area contributed by atoms with Gasteiger partial charge in [-0.05, 0) is 18.4 Å². The SMILES string of the molecule is CC(C)Sc1nc2c(c(=O)[nH]1)[C@@H](c1cccc([N+](=O)[O-])c1)C1=C(CCCC1=O)N2. The molecule has 2 aliphatic rings. The third-order valence-corrected chi connectivity index (χ3v) is 5.89. The molecule has 1 aromatic heterocycles. The molecule has 0 saturated carbocycles. The number of hydrogen-bond acceptors (Lipinski definition) is 7. The van der Waals surface area contributed by atoms with Gasteiger partial charge in [0.05, 0.1) is 10.5 Å². The maximum Gasteiger partial charge on any atom is 0.269 e. The van der Waals surface area contributed by atoms with Crippen LogP contribution in [0.15, 0.2) is 45.5 Å². The summed E-state index contributed by atoms with van der Waals surface area (Å²) in [7, 11) is 0. The first-order valence-electron chi connectivity index (χ1n) is 9.43. The Bertz CT molecular complexity index is 1110. The molecule has 0 bridgehead atoms. The monoisotopic (exact) mass is 412 g/mol. The number of ketones is 1. The van der Waals surface area contributed by atoms with E-state index in [2.05, 4.69) is 15.3 Å². The second-order valence-electron chi connectivity index (χ2n) is 7.38. The van der Waals surface area contributed by atoms with Crippen molar-refractivity contribution < 1.29 is 9.72 Å². The first-order chi connectivity index (χ1) is 13.8. The van der Waals surface area contributed by atoms with Crippen LogP contribution in [0.25, 0.3) is 0 Å². The van der Waals surface area contributed by atoms with Gasteiger partial charge in [-0.3, -0.25) is 19.7 Å². The lowest BCUT2D eigenvalue weighted by atomic mass is 9.76. The van der Waals surface area contributed by atoms with Gasteiger partial charge in [0.15, 0.2) is 10.9 Å². The molecular formula is C20H20N4O4S. The number of aromatic amines is 1. The van der Waals surface area contributed by atoms with Crippen LogP contribution < -0.4 is 10.9 Å². The number of carbonyl (C=O) groups excluding carboxylic acids is 1. The number of non-ortho nitro benzene ring substituents is 1. The lowest BCUT2D eigenvalue weighted by Gasteiger charge is -2.32. The van der Waals surface area contributed by atoms with Gasteiger partial charge in [-0.15, -0.1) is 0 Å². The summed E-state index contributed by atoms with van der Waals surface area (Å²) in [5.74, 6) is -0.300. The number of Topliss-reactive ketones (excluding diaryl/α,β-unsaturated/α-hetero) is 1. The second-order valence-corrected chi connectivity index (χ2v) is 8.94. The van der Waals surface area contributed by atoms with Crippen LogP contribution in [0.2, 0.25) is 0 Å². The van der Waals surface area contributed by atoms with Crippen molar-refractivity contribution >= 4 is 29.1 Å². The van der Waals surface area contributed by atoms with Crippen LogP contribution in [0.3, 0.4) is 0 Å². The Hall–Kier alpha value is -2.94. The van der Waals surface area contributed by atoms with Gasteiger partial charge < -0.3 is 10.3 Å². The van der Waals surface area contributed by atoms with Gasteiger partial charge >= 0.3 is 0 Å². The fourth-order valence-corrected chi connectivity index (χ4v) is 4.61. The maximum atomic E-state index is 13.0. The highest BCUT2D eigenvalue weighted by molar-refractivity contribution is 7.99.